The second-order valence-electron chi connectivity index (χ2n) is 11.3. The van der Waals surface area contributed by atoms with Crippen LogP contribution >= 0.6 is 0 Å². The Morgan fingerprint density at radius 1 is 1.15 bits per heavy atom. The molecule has 3 aliphatic carbocycles. The summed E-state index contributed by atoms with van der Waals surface area (Å²) in [4.78, 5) is 0. The van der Waals surface area contributed by atoms with E-state index in [9.17, 15) is 8.42 Å². The van der Waals surface area contributed by atoms with Gasteiger partial charge in [0, 0.05) is 6.42 Å². The van der Waals surface area contributed by atoms with Crippen LogP contribution in [0.4, 0.5) is 0 Å². The average Bonchev–Trinajstić information content (AvgIpc) is 3.04. The summed E-state index contributed by atoms with van der Waals surface area (Å²) in [6.07, 6.45) is 16.1. The van der Waals surface area contributed by atoms with Gasteiger partial charge in [0.2, 0.25) is 0 Å². The molecule has 0 aromatic rings. The fourth-order valence-electron chi connectivity index (χ4n) is 6.90. The standard InChI is InChI=1S/C27H44O4S.H3N/c1-19(2)8-6-9-21(4)25-15-16-26-22(10-7-17-27(25,26)5)12-13-23-18-24(14-11-20(23)3)31-32(28,29)30;/h12-13,19,21,24-26H,3,6-11,14-18H2,1-2,4-5H3,(H,28,29,30);1H3/b22-12+,23-13-;/t21-,24+,25-,26+,27-;/m1./s1. The van der Waals surface area contributed by atoms with Gasteiger partial charge in [-0.2, -0.15) is 8.42 Å². The lowest BCUT2D eigenvalue weighted by atomic mass is 9.60. The first-order chi connectivity index (χ1) is 15.0. The van der Waals surface area contributed by atoms with Crippen molar-refractivity contribution < 1.29 is 17.2 Å². The van der Waals surface area contributed by atoms with Crippen LogP contribution in [0.1, 0.15) is 98.3 Å². The van der Waals surface area contributed by atoms with E-state index in [4.69, 9.17) is 8.74 Å². The van der Waals surface area contributed by atoms with Crippen molar-refractivity contribution in [1.29, 1.82) is 0 Å². The van der Waals surface area contributed by atoms with Gasteiger partial charge in [-0.1, -0.05) is 76.8 Å². The van der Waals surface area contributed by atoms with Crippen LogP contribution in [-0.2, 0) is 14.6 Å². The van der Waals surface area contributed by atoms with E-state index in [1.165, 1.54) is 44.9 Å². The van der Waals surface area contributed by atoms with Crippen molar-refractivity contribution in [2.75, 3.05) is 0 Å². The Morgan fingerprint density at radius 3 is 2.55 bits per heavy atom. The highest BCUT2D eigenvalue weighted by Gasteiger charge is 2.50. The van der Waals surface area contributed by atoms with Gasteiger partial charge in [-0.3, -0.25) is 4.55 Å². The number of fused-ring (bicyclic) bond motifs is 1. The Labute approximate surface area is 202 Å². The van der Waals surface area contributed by atoms with Crippen LogP contribution in [-0.4, -0.2) is 19.1 Å². The molecule has 0 aromatic carbocycles. The van der Waals surface area contributed by atoms with Crippen LogP contribution in [0.3, 0.4) is 0 Å². The van der Waals surface area contributed by atoms with Gasteiger partial charge in [-0.05, 0) is 79.6 Å². The van der Waals surface area contributed by atoms with Crippen LogP contribution < -0.4 is 6.15 Å². The van der Waals surface area contributed by atoms with Gasteiger partial charge in [-0.25, -0.2) is 4.18 Å². The van der Waals surface area contributed by atoms with E-state index in [1.54, 1.807) is 5.57 Å². The molecule has 190 valence electrons. The second kappa shape index (κ2) is 11.7. The summed E-state index contributed by atoms with van der Waals surface area (Å²) in [6.45, 7) is 13.9. The highest BCUT2D eigenvalue weighted by Crippen LogP contribution is 2.60. The molecule has 0 radical (unpaired) electrons. The number of hydrogen-bond acceptors (Lipinski definition) is 4. The van der Waals surface area contributed by atoms with Crippen LogP contribution in [0.25, 0.3) is 0 Å². The van der Waals surface area contributed by atoms with Crippen LogP contribution in [0.5, 0.6) is 0 Å². The molecule has 3 aliphatic rings. The van der Waals surface area contributed by atoms with Crippen LogP contribution in [0.15, 0.2) is 35.5 Å². The van der Waals surface area contributed by atoms with Crippen LogP contribution in [0.2, 0.25) is 0 Å². The molecule has 0 heterocycles. The molecule has 0 aromatic heterocycles. The summed E-state index contributed by atoms with van der Waals surface area (Å²) < 4.78 is 36.1. The van der Waals surface area contributed by atoms with Crippen molar-refractivity contribution in [3.63, 3.8) is 0 Å². The zero-order valence-electron chi connectivity index (χ0n) is 21.3. The first-order valence-corrected chi connectivity index (χ1v) is 14.1. The zero-order chi connectivity index (χ0) is 23.5. The second-order valence-corrected chi connectivity index (χ2v) is 12.4. The van der Waals surface area contributed by atoms with E-state index >= 15 is 0 Å². The van der Waals surface area contributed by atoms with E-state index in [0.717, 1.165) is 35.3 Å². The number of hydrogen-bond donors (Lipinski definition) is 2. The molecule has 4 N–H and O–H groups in total. The molecule has 33 heavy (non-hydrogen) atoms. The summed E-state index contributed by atoms with van der Waals surface area (Å²) in [7, 11) is -4.42. The van der Waals surface area contributed by atoms with E-state index in [1.807, 2.05) is 0 Å². The van der Waals surface area contributed by atoms with Crippen molar-refractivity contribution in [1.82, 2.24) is 6.15 Å². The topological polar surface area (TPSA) is 98.6 Å². The van der Waals surface area contributed by atoms with E-state index in [0.29, 0.717) is 30.6 Å². The van der Waals surface area contributed by atoms with Crippen molar-refractivity contribution in [3.8, 4) is 0 Å². The smallest absolute Gasteiger partial charge is 0.344 e. The molecule has 0 unspecified atom stereocenters. The summed E-state index contributed by atoms with van der Waals surface area (Å²) in [6, 6.07) is 0. The van der Waals surface area contributed by atoms with Crippen molar-refractivity contribution >= 4 is 10.4 Å². The van der Waals surface area contributed by atoms with Gasteiger partial charge in [0.1, 0.15) is 0 Å². The molecule has 0 spiro atoms. The van der Waals surface area contributed by atoms with Gasteiger partial charge >= 0.3 is 10.4 Å². The van der Waals surface area contributed by atoms with E-state index < -0.39 is 16.5 Å². The Kier molecular flexibility index (Phi) is 9.99. The molecule has 6 heteroatoms. The maximum Gasteiger partial charge on any atom is 0.397 e. The zero-order valence-corrected chi connectivity index (χ0v) is 22.1. The maximum atomic E-state index is 11.1. The highest BCUT2D eigenvalue weighted by molar-refractivity contribution is 7.80. The minimum atomic E-state index is -4.42. The van der Waals surface area contributed by atoms with Crippen molar-refractivity contribution in [3.05, 3.63) is 35.5 Å². The molecule has 3 fully saturated rings. The van der Waals surface area contributed by atoms with E-state index in [2.05, 4.69) is 46.4 Å². The lowest BCUT2D eigenvalue weighted by Crippen LogP contribution is -2.36. The first-order valence-electron chi connectivity index (χ1n) is 12.7. The van der Waals surface area contributed by atoms with Gasteiger partial charge in [0.25, 0.3) is 0 Å². The molecule has 0 amide bonds. The normalized spacial score (nSPS) is 33.9. The quantitative estimate of drug-likeness (QED) is 0.348. The molecule has 5 atom stereocenters. The molecule has 0 saturated heterocycles. The Bertz CT molecular complexity index is 844. The molecule has 3 rings (SSSR count). The third-order valence-electron chi connectivity index (χ3n) is 8.59. The largest absolute Gasteiger partial charge is 0.397 e. The van der Waals surface area contributed by atoms with Crippen molar-refractivity contribution in [2.45, 2.75) is 104 Å². The predicted octanol–water partition coefficient (Wildman–Crippen LogP) is 7.61. The van der Waals surface area contributed by atoms with E-state index in [-0.39, 0.29) is 6.15 Å². The van der Waals surface area contributed by atoms with Gasteiger partial charge in [-0.15, -0.1) is 0 Å². The number of rotatable bonds is 8. The Balaban J connectivity index is 0.00000385. The SMILES string of the molecule is C=C1CC[C@H](OS(=O)(=O)O)C/C1=C/C=C1\CCC[C@]2(C)[C@@H]([C@H](C)CCCC(C)C)CC[C@@H]12.N. The third-order valence-corrected chi connectivity index (χ3v) is 9.11. The summed E-state index contributed by atoms with van der Waals surface area (Å²) in [5.41, 5.74) is 4.08. The highest BCUT2D eigenvalue weighted by atomic mass is 32.3. The third kappa shape index (κ3) is 7.27. The average molecular weight is 482 g/mol. The lowest BCUT2D eigenvalue weighted by Gasteiger charge is -2.44. The Hall–Kier alpha value is -0.950. The molecular formula is C27H47NO4S. The fourth-order valence-corrected chi connectivity index (χ4v) is 7.41. The molecule has 5 nitrogen and oxygen atoms in total. The van der Waals surface area contributed by atoms with Gasteiger partial charge in [0.05, 0.1) is 6.10 Å². The minimum absolute atomic E-state index is 0. The van der Waals surface area contributed by atoms with Crippen LogP contribution in [0, 0.1) is 29.1 Å². The molecule has 0 aliphatic heterocycles. The van der Waals surface area contributed by atoms with Gasteiger partial charge < -0.3 is 6.15 Å². The summed E-state index contributed by atoms with van der Waals surface area (Å²) >= 11 is 0. The maximum absolute atomic E-state index is 11.1. The predicted molar refractivity (Wildman–Crippen MR) is 137 cm³/mol. The lowest BCUT2D eigenvalue weighted by molar-refractivity contribution is 0.0929. The fraction of sp³-hybridized carbons (Fsp3) is 0.778. The van der Waals surface area contributed by atoms with Gasteiger partial charge in [0.15, 0.2) is 0 Å². The molecule has 3 saturated carbocycles. The van der Waals surface area contributed by atoms with Crippen molar-refractivity contribution in [2.24, 2.45) is 29.1 Å². The number of allylic oxidation sites excluding steroid dienone is 4. The first kappa shape index (κ1) is 28.3. The molecular weight excluding hydrogens is 434 g/mol. The monoisotopic (exact) mass is 481 g/mol. The minimum Gasteiger partial charge on any atom is -0.344 e. The summed E-state index contributed by atoms with van der Waals surface area (Å²) in [5.74, 6) is 3.06. The Morgan fingerprint density at radius 2 is 1.88 bits per heavy atom. The summed E-state index contributed by atoms with van der Waals surface area (Å²) in [5, 5.41) is 0. The molecule has 0 bridgehead atoms.